The Morgan fingerprint density at radius 3 is 2.66 bits per heavy atom. The van der Waals surface area contributed by atoms with Gasteiger partial charge in [-0.1, -0.05) is 0 Å². The molecule has 0 radical (unpaired) electrons. The minimum absolute atomic E-state index is 0.0553. The van der Waals surface area contributed by atoms with Gasteiger partial charge in [0.15, 0.2) is 0 Å². The molecule has 2 fully saturated rings. The van der Waals surface area contributed by atoms with Crippen LogP contribution in [0.25, 0.3) is 0 Å². The van der Waals surface area contributed by atoms with E-state index in [1.165, 1.54) is 19.9 Å². The van der Waals surface area contributed by atoms with Crippen molar-refractivity contribution < 1.29 is 19.0 Å². The molecule has 1 amide bonds. The van der Waals surface area contributed by atoms with Gasteiger partial charge in [0.05, 0.1) is 14.2 Å². The summed E-state index contributed by atoms with van der Waals surface area (Å²) in [5.41, 5.74) is 1.64. The molecule has 8 heteroatoms. The number of hydrogen-bond acceptors (Lipinski definition) is 6. The lowest BCUT2D eigenvalue weighted by molar-refractivity contribution is 0.0456. The first kappa shape index (κ1) is 19.7. The van der Waals surface area contributed by atoms with E-state index in [0.29, 0.717) is 29.2 Å². The quantitative estimate of drug-likeness (QED) is 0.740. The average molecular weight is 400 g/mol. The fourth-order valence-electron chi connectivity index (χ4n) is 4.13. The van der Waals surface area contributed by atoms with Gasteiger partial charge >= 0.3 is 0 Å². The van der Waals surface area contributed by atoms with Crippen LogP contribution in [0, 0.1) is 12.8 Å². The average Bonchev–Trinajstić information content (AvgIpc) is 3.10. The Balaban J connectivity index is 1.40. The molecule has 2 aliphatic rings. The van der Waals surface area contributed by atoms with E-state index in [9.17, 15) is 4.79 Å². The van der Waals surface area contributed by atoms with Gasteiger partial charge in [0.25, 0.3) is 5.91 Å². The second-order valence-corrected chi connectivity index (χ2v) is 7.74. The smallest absolute Gasteiger partial charge is 0.259 e. The zero-order chi connectivity index (χ0) is 20.4. The fourth-order valence-corrected chi connectivity index (χ4v) is 4.13. The van der Waals surface area contributed by atoms with Crippen LogP contribution in [0.3, 0.4) is 0 Å². The van der Waals surface area contributed by atoms with Gasteiger partial charge in [-0.25, -0.2) is 4.98 Å². The monoisotopic (exact) mass is 400 g/mol. The van der Waals surface area contributed by atoms with Crippen molar-refractivity contribution >= 4 is 5.91 Å². The Hall–Kier alpha value is -2.61. The number of hydrogen-bond donors (Lipinski definition) is 0. The molecule has 2 aromatic heterocycles. The van der Waals surface area contributed by atoms with E-state index in [4.69, 9.17) is 14.2 Å². The highest BCUT2D eigenvalue weighted by Crippen LogP contribution is 2.30. The molecule has 0 aromatic carbocycles. The summed E-state index contributed by atoms with van der Waals surface area (Å²) in [4.78, 5) is 23.6. The van der Waals surface area contributed by atoms with Crippen LogP contribution in [0.4, 0.5) is 0 Å². The highest BCUT2D eigenvalue weighted by molar-refractivity contribution is 5.97. The van der Waals surface area contributed by atoms with Gasteiger partial charge in [0.1, 0.15) is 11.4 Å². The number of aryl methyl sites for hydroxylation is 1. The number of amides is 1. The molecule has 0 saturated carbocycles. The summed E-state index contributed by atoms with van der Waals surface area (Å²) in [5, 5.41) is 0. The minimum atomic E-state index is -0.0553. The number of aromatic nitrogens is 3. The molecule has 0 aliphatic carbocycles. The van der Waals surface area contributed by atoms with Crippen molar-refractivity contribution in [1.82, 2.24) is 19.4 Å². The highest BCUT2D eigenvalue weighted by Gasteiger charge is 2.34. The number of nitrogens with zero attached hydrogens (tertiary/aromatic N) is 4. The van der Waals surface area contributed by atoms with Crippen LogP contribution in [0.2, 0.25) is 0 Å². The van der Waals surface area contributed by atoms with Crippen molar-refractivity contribution in [3.8, 4) is 11.8 Å². The number of rotatable bonds is 6. The lowest BCUT2D eigenvalue weighted by Crippen LogP contribution is -2.51. The molecule has 4 heterocycles. The Kier molecular flexibility index (Phi) is 5.71. The molecular weight excluding hydrogens is 372 g/mol. The third kappa shape index (κ3) is 3.94. The van der Waals surface area contributed by atoms with Crippen molar-refractivity contribution in [2.24, 2.45) is 5.92 Å². The zero-order valence-corrected chi connectivity index (χ0v) is 17.3. The van der Waals surface area contributed by atoms with Gasteiger partial charge in [-0.3, -0.25) is 4.79 Å². The summed E-state index contributed by atoms with van der Waals surface area (Å²) in [6, 6.07) is 3.39. The fraction of sp³-hybridized carbons (Fsp3) is 0.571. The molecule has 0 N–H and O–H groups in total. The Bertz CT molecular complexity index is 870. The summed E-state index contributed by atoms with van der Waals surface area (Å²) in [5.74, 6) is 2.71. The van der Waals surface area contributed by atoms with Crippen LogP contribution in [0.15, 0.2) is 18.3 Å². The molecular formula is C21H28N4O4. The van der Waals surface area contributed by atoms with Crippen LogP contribution < -0.4 is 9.47 Å². The molecule has 2 aromatic rings. The van der Waals surface area contributed by atoms with E-state index in [-0.39, 0.29) is 5.91 Å². The lowest BCUT2D eigenvalue weighted by atomic mass is 9.96. The second kappa shape index (κ2) is 8.41. The summed E-state index contributed by atoms with van der Waals surface area (Å²) in [6.07, 6.45) is 4.01. The van der Waals surface area contributed by atoms with E-state index in [1.54, 1.807) is 12.1 Å². The van der Waals surface area contributed by atoms with Gasteiger partial charge in [-0.05, 0) is 25.8 Å². The van der Waals surface area contributed by atoms with E-state index in [1.807, 2.05) is 11.1 Å². The summed E-state index contributed by atoms with van der Waals surface area (Å²) in [6.45, 7) is 6.04. The number of ether oxygens (including phenoxy) is 3. The normalized spacial score (nSPS) is 17.8. The maximum atomic E-state index is 12.9. The SMILES string of the molecule is COc1ccc(C(=O)N2CC(Cn3c(C)cnc3C3CCOCC3)C2)c(OC)n1. The Labute approximate surface area is 170 Å². The molecule has 2 saturated heterocycles. The molecule has 0 unspecified atom stereocenters. The standard InChI is InChI=1S/C21H28N4O4/c1-14-10-22-19(16-6-8-29-9-7-16)25(14)13-15-11-24(12-15)21(26)17-4-5-18(27-2)23-20(17)28-3/h4-5,10,15-16H,6-9,11-13H2,1-3H3. The Morgan fingerprint density at radius 2 is 1.97 bits per heavy atom. The molecule has 0 spiro atoms. The zero-order valence-electron chi connectivity index (χ0n) is 17.3. The highest BCUT2D eigenvalue weighted by atomic mass is 16.5. The first-order valence-electron chi connectivity index (χ1n) is 10.1. The first-order valence-corrected chi connectivity index (χ1v) is 10.1. The molecule has 8 nitrogen and oxygen atoms in total. The van der Waals surface area contributed by atoms with Gasteiger partial charge in [-0.15, -0.1) is 0 Å². The van der Waals surface area contributed by atoms with Crippen LogP contribution in [-0.2, 0) is 11.3 Å². The molecule has 29 heavy (non-hydrogen) atoms. The molecule has 0 atom stereocenters. The third-order valence-electron chi connectivity index (χ3n) is 5.83. The predicted octanol–water partition coefficient (Wildman–Crippen LogP) is 2.27. The maximum Gasteiger partial charge on any atom is 0.259 e. The van der Waals surface area contributed by atoms with E-state index in [0.717, 1.165) is 51.5 Å². The molecule has 0 bridgehead atoms. The number of pyridine rings is 1. The number of likely N-dealkylation sites (tertiary alicyclic amines) is 1. The van der Waals surface area contributed by atoms with Crippen LogP contribution in [0.5, 0.6) is 11.8 Å². The minimum Gasteiger partial charge on any atom is -0.481 e. The van der Waals surface area contributed by atoms with E-state index < -0.39 is 0 Å². The second-order valence-electron chi connectivity index (χ2n) is 7.74. The first-order chi connectivity index (χ1) is 14.1. The van der Waals surface area contributed by atoms with Crippen molar-refractivity contribution in [3.05, 3.63) is 35.4 Å². The summed E-state index contributed by atoms with van der Waals surface area (Å²) in [7, 11) is 3.05. The largest absolute Gasteiger partial charge is 0.481 e. The van der Waals surface area contributed by atoms with Crippen molar-refractivity contribution in [2.45, 2.75) is 32.2 Å². The van der Waals surface area contributed by atoms with Crippen molar-refractivity contribution in [2.75, 3.05) is 40.5 Å². The Morgan fingerprint density at radius 1 is 1.21 bits per heavy atom. The van der Waals surface area contributed by atoms with Gasteiger partial charge in [0.2, 0.25) is 11.8 Å². The van der Waals surface area contributed by atoms with Crippen LogP contribution in [0.1, 0.15) is 40.6 Å². The third-order valence-corrected chi connectivity index (χ3v) is 5.83. The van der Waals surface area contributed by atoms with Gasteiger partial charge in [-0.2, -0.15) is 4.98 Å². The molecule has 4 rings (SSSR count). The number of methoxy groups -OCH3 is 2. The number of imidazole rings is 1. The van der Waals surface area contributed by atoms with Gasteiger partial charge < -0.3 is 23.7 Å². The van der Waals surface area contributed by atoms with E-state index >= 15 is 0 Å². The van der Waals surface area contributed by atoms with Crippen molar-refractivity contribution in [1.29, 1.82) is 0 Å². The lowest BCUT2D eigenvalue weighted by Gasteiger charge is -2.40. The van der Waals surface area contributed by atoms with Crippen LogP contribution >= 0.6 is 0 Å². The maximum absolute atomic E-state index is 12.9. The van der Waals surface area contributed by atoms with Gasteiger partial charge in [0, 0.05) is 62.6 Å². The summed E-state index contributed by atoms with van der Waals surface area (Å²) < 4.78 is 18.2. The van der Waals surface area contributed by atoms with Crippen molar-refractivity contribution in [3.63, 3.8) is 0 Å². The van der Waals surface area contributed by atoms with Crippen LogP contribution in [-0.4, -0.2) is 65.9 Å². The number of carbonyl (C=O) groups excluding carboxylic acids is 1. The number of carbonyl (C=O) groups is 1. The summed E-state index contributed by atoms with van der Waals surface area (Å²) >= 11 is 0. The molecule has 2 aliphatic heterocycles. The molecule has 156 valence electrons. The predicted molar refractivity (Wildman–Crippen MR) is 106 cm³/mol. The topological polar surface area (TPSA) is 78.7 Å². The van der Waals surface area contributed by atoms with E-state index in [2.05, 4.69) is 21.5 Å².